The Morgan fingerprint density at radius 3 is 2.62 bits per heavy atom. The Morgan fingerprint density at radius 2 is 2.00 bits per heavy atom. The second kappa shape index (κ2) is 10.6. The lowest BCUT2D eigenvalue weighted by molar-refractivity contribution is -0.151. The van der Waals surface area contributed by atoms with Crippen molar-refractivity contribution in [1.82, 2.24) is 15.1 Å². The third kappa shape index (κ3) is 5.20. The molecule has 2 aliphatic heterocycles. The van der Waals surface area contributed by atoms with Crippen LogP contribution >= 0.6 is 11.8 Å². The van der Waals surface area contributed by atoms with Crippen LogP contribution in [-0.2, 0) is 14.3 Å². The van der Waals surface area contributed by atoms with E-state index in [1.54, 1.807) is 23.6 Å². The molecule has 8 nitrogen and oxygen atoms in total. The van der Waals surface area contributed by atoms with Crippen LogP contribution in [0.5, 0.6) is 0 Å². The Kier molecular flexibility index (Phi) is 8.05. The maximum absolute atomic E-state index is 13.1. The number of nitrogens with zero attached hydrogens (tertiary/aromatic N) is 3. The van der Waals surface area contributed by atoms with Gasteiger partial charge in [-0.2, -0.15) is 11.8 Å². The third-order valence-corrected chi connectivity index (χ3v) is 6.86. The topological polar surface area (TPSA) is 82.2 Å². The number of amides is 2. The van der Waals surface area contributed by atoms with Crippen molar-refractivity contribution in [1.29, 1.82) is 0 Å². The van der Waals surface area contributed by atoms with Crippen molar-refractivity contribution in [2.45, 2.75) is 37.9 Å². The van der Waals surface area contributed by atoms with Crippen LogP contribution < -0.4 is 10.2 Å². The van der Waals surface area contributed by atoms with Crippen LogP contribution in [0.25, 0.3) is 0 Å². The Labute approximate surface area is 194 Å². The van der Waals surface area contributed by atoms with Gasteiger partial charge in [-0.1, -0.05) is 6.07 Å². The standard InChI is InChI=1S/C23H34N4O4S/c1-5-31-20(28)16-27-22(30)19(9-14-32-4)24-23(27)10-12-26(13-11-23)21(29)17-7-6-8-18(15-17)25(2)3/h6-8,15,19,24H,5,9-14,16H2,1-4H3. The van der Waals surface area contributed by atoms with Gasteiger partial charge >= 0.3 is 5.97 Å². The van der Waals surface area contributed by atoms with Crippen molar-refractivity contribution in [3.63, 3.8) is 0 Å². The zero-order chi connectivity index (χ0) is 23.3. The van der Waals surface area contributed by atoms with Crippen LogP contribution in [0.2, 0.25) is 0 Å². The average molecular weight is 463 g/mol. The number of piperidine rings is 1. The van der Waals surface area contributed by atoms with Gasteiger partial charge in [-0.05, 0) is 43.6 Å². The number of carbonyl (C=O) groups is 3. The van der Waals surface area contributed by atoms with Crippen LogP contribution in [0.15, 0.2) is 24.3 Å². The molecule has 0 radical (unpaired) electrons. The quantitative estimate of drug-likeness (QED) is 0.590. The molecule has 2 heterocycles. The number of carbonyl (C=O) groups excluding carboxylic acids is 3. The van der Waals surface area contributed by atoms with Crippen molar-refractivity contribution in [2.75, 3.05) is 57.2 Å². The zero-order valence-corrected chi connectivity index (χ0v) is 20.2. The van der Waals surface area contributed by atoms with Crippen LogP contribution in [0.4, 0.5) is 5.69 Å². The van der Waals surface area contributed by atoms with Gasteiger partial charge in [0.15, 0.2) is 0 Å². The van der Waals surface area contributed by atoms with Crippen LogP contribution in [0.3, 0.4) is 0 Å². The van der Waals surface area contributed by atoms with Gasteiger partial charge < -0.3 is 19.4 Å². The minimum atomic E-state index is -0.616. The SMILES string of the molecule is CCOC(=O)CN1C(=O)C(CCSC)NC12CCN(C(=O)c1cccc(N(C)C)c1)CC2. The fraction of sp³-hybridized carbons (Fsp3) is 0.609. The molecule has 1 aromatic carbocycles. The van der Waals surface area contributed by atoms with Crippen molar-refractivity contribution in [2.24, 2.45) is 0 Å². The van der Waals surface area contributed by atoms with Gasteiger partial charge in [0.2, 0.25) is 5.91 Å². The van der Waals surface area contributed by atoms with Gasteiger partial charge in [0.25, 0.3) is 5.91 Å². The summed E-state index contributed by atoms with van der Waals surface area (Å²) in [5.41, 5.74) is 1.02. The molecule has 1 unspecified atom stereocenters. The van der Waals surface area contributed by atoms with Gasteiger partial charge in [-0.25, -0.2) is 0 Å². The van der Waals surface area contributed by atoms with Crippen molar-refractivity contribution < 1.29 is 19.1 Å². The van der Waals surface area contributed by atoms with Crippen molar-refractivity contribution >= 4 is 35.2 Å². The molecule has 0 saturated carbocycles. The van der Waals surface area contributed by atoms with Gasteiger partial charge in [-0.15, -0.1) is 0 Å². The third-order valence-electron chi connectivity index (χ3n) is 6.21. The minimum absolute atomic E-state index is 0.0104. The summed E-state index contributed by atoms with van der Waals surface area (Å²) in [6, 6.07) is 7.29. The molecule has 2 fully saturated rings. The monoisotopic (exact) mass is 462 g/mol. The van der Waals surface area contributed by atoms with Crippen molar-refractivity contribution in [3.05, 3.63) is 29.8 Å². The first kappa shape index (κ1) is 24.4. The van der Waals surface area contributed by atoms with E-state index < -0.39 is 11.6 Å². The number of thioether (sulfide) groups is 1. The van der Waals surface area contributed by atoms with E-state index in [2.05, 4.69) is 5.32 Å². The van der Waals surface area contributed by atoms with Gasteiger partial charge in [0.05, 0.1) is 18.3 Å². The largest absolute Gasteiger partial charge is 0.465 e. The maximum atomic E-state index is 13.1. The Balaban J connectivity index is 1.73. The molecular weight excluding hydrogens is 428 g/mol. The first-order valence-corrected chi connectivity index (χ1v) is 12.5. The minimum Gasteiger partial charge on any atom is -0.465 e. The fourth-order valence-electron chi connectivity index (χ4n) is 4.45. The smallest absolute Gasteiger partial charge is 0.325 e. The Morgan fingerprint density at radius 1 is 1.28 bits per heavy atom. The predicted octanol–water partition coefficient (Wildman–Crippen LogP) is 1.80. The van der Waals surface area contributed by atoms with E-state index in [4.69, 9.17) is 4.74 Å². The summed E-state index contributed by atoms with van der Waals surface area (Å²) in [5.74, 6) is 0.403. The molecule has 9 heteroatoms. The molecule has 1 aromatic rings. The average Bonchev–Trinajstić information content (AvgIpc) is 3.03. The van der Waals surface area contributed by atoms with E-state index >= 15 is 0 Å². The highest BCUT2D eigenvalue weighted by Gasteiger charge is 2.52. The molecule has 1 spiro atoms. The molecule has 32 heavy (non-hydrogen) atoms. The summed E-state index contributed by atoms with van der Waals surface area (Å²) in [7, 11) is 3.89. The van der Waals surface area contributed by atoms with Crippen molar-refractivity contribution in [3.8, 4) is 0 Å². The van der Waals surface area contributed by atoms with Gasteiger partial charge in [-0.3, -0.25) is 19.7 Å². The molecule has 2 saturated heterocycles. The highest BCUT2D eigenvalue weighted by atomic mass is 32.2. The van der Waals surface area contributed by atoms with E-state index in [0.29, 0.717) is 37.9 Å². The molecule has 1 atom stereocenters. The van der Waals surface area contributed by atoms with E-state index in [1.165, 1.54) is 0 Å². The number of likely N-dealkylation sites (tertiary alicyclic amines) is 1. The second-order valence-corrected chi connectivity index (χ2v) is 9.46. The van der Waals surface area contributed by atoms with Gasteiger partial charge in [0, 0.05) is 51.3 Å². The van der Waals surface area contributed by atoms with E-state index in [1.807, 2.05) is 54.4 Å². The zero-order valence-electron chi connectivity index (χ0n) is 19.4. The number of hydrogen-bond acceptors (Lipinski definition) is 7. The van der Waals surface area contributed by atoms with E-state index in [9.17, 15) is 14.4 Å². The number of hydrogen-bond donors (Lipinski definition) is 1. The van der Waals surface area contributed by atoms with Gasteiger partial charge in [0.1, 0.15) is 6.54 Å². The summed E-state index contributed by atoms with van der Waals surface area (Å²) in [6.07, 6.45) is 3.88. The first-order chi connectivity index (χ1) is 15.3. The summed E-state index contributed by atoms with van der Waals surface area (Å²) < 4.78 is 5.12. The number of nitrogens with one attached hydrogen (secondary N) is 1. The molecule has 3 rings (SSSR count). The van der Waals surface area contributed by atoms with Crippen LogP contribution in [0.1, 0.15) is 36.5 Å². The molecule has 0 bridgehead atoms. The number of rotatable bonds is 8. The fourth-order valence-corrected chi connectivity index (χ4v) is 4.92. The maximum Gasteiger partial charge on any atom is 0.325 e. The number of ether oxygens (including phenoxy) is 1. The summed E-state index contributed by atoms with van der Waals surface area (Å²) in [5, 5.41) is 3.52. The molecule has 0 aromatic heterocycles. The molecule has 2 aliphatic rings. The summed E-state index contributed by atoms with van der Waals surface area (Å²) in [4.78, 5) is 43.9. The molecule has 2 amide bonds. The normalized spacial score (nSPS) is 20.0. The number of esters is 1. The summed E-state index contributed by atoms with van der Waals surface area (Å²) in [6.45, 7) is 3.01. The van der Waals surface area contributed by atoms with Crippen LogP contribution in [-0.4, -0.2) is 91.6 Å². The Bertz CT molecular complexity index is 839. The molecule has 176 valence electrons. The molecule has 1 N–H and O–H groups in total. The Hall–Kier alpha value is -2.26. The number of benzene rings is 1. The highest BCUT2D eigenvalue weighted by molar-refractivity contribution is 7.98. The lowest BCUT2D eigenvalue weighted by atomic mass is 9.95. The molecule has 0 aliphatic carbocycles. The van der Waals surface area contributed by atoms with E-state index in [0.717, 1.165) is 11.4 Å². The lowest BCUT2D eigenvalue weighted by Crippen LogP contribution is -2.60. The first-order valence-electron chi connectivity index (χ1n) is 11.1. The van der Waals surface area contributed by atoms with Crippen LogP contribution in [0, 0.1) is 0 Å². The molecular formula is C23H34N4O4S. The second-order valence-electron chi connectivity index (χ2n) is 8.48. The van der Waals surface area contributed by atoms with E-state index in [-0.39, 0.29) is 31.0 Å². The highest BCUT2D eigenvalue weighted by Crippen LogP contribution is 2.34. The predicted molar refractivity (Wildman–Crippen MR) is 127 cm³/mol. The summed E-state index contributed by atoms with van der Waals surface area (Å²) >= 11 is 1.70. The number of anilines is 1. The lowest BCUT2D eigenvalue weighted by Gasteiger charge is -2.44.